The number of hydrogen-bond acceptors (Lipinski definition) is 3. The second kappa shape index (κ2) is 6.76. The molecule has 0 saturated heterocycles. The summed E-state index contributed by atoms with van der Waals surface area (Å²) in [5.74, 6) is 0.0853. The van der Waals surface area contributed by atoms with Gasteiger partial charge in [0, 0.05) is 0 Å². The van der Waals surface area contributed by atoms with Crippen molar-refractivity contribution in [2.45, 2.75) is 37.6 Å². The summed E-state index contributed by atoms with van der Waals surface area (Å²) in [6.45, 7) is 0. The van der Waals surface area contributed by atoms with Gasteiger partial charge in [-0.1, -0.05) is 24.3 Å². The van der Waals surface area contributed by atoms with Crippen molar-refractivity contribution in [3.63, 3.8) is 0 Å². The Bertz CT molecular complexity index is 409. The molecule has 0 radical (unpaired) electrons. The maximum Gasteiger partial charge on any atom is 0.322 e. The number of esters is 1. The third-order valence-electron chi connectivity index (χ3n) is 3.54. The first-order chi connectivity index (χ1) is 8.22. The molecule has 2 unspecified atom stereocenters. The Kier molecular flexibility index (Phi) is 5.63. The van der Waals surface area contributed by atoms with Crippen LogP contribution in [0.2, 0.25) is 0 Å². The van der Waals surface area contributed by atoms with Gasteiger partial charge in [0.25, 0.3) is 0 Å². The Morgan fingerprint density at radius 2 is 2.22 bits per heavy atom. The zero-order chi connectivity index (χ0) is 12.3. The van der Waals surface area contributed by atoms with E-state index in [1.165, 1.54) is 24.7 Å². The molecule has 1 aromatic carbocycles. The molecule has 1 aromatic rings. The molecule has 1 aliphatic carbocycles. The van der Waals surface area contributed by atoms with E-state index in [0.717, 1.165) is 12.8 Å². The highest BCUT2D eigenvalue weighted by atomic mass is 35.5. The Balaban J connectivity index is 0.00000162. The summed E-state index contributed by atoms with van der Waals surface area (Å²) in [5, 5.41) is 0. The summed E-state index contributed by atoms with van der Waals surface area (Å²) >= 11 is 0. The van der Waals surface area contributed by atoms with Crippen molar-refractivity contribution in [1.82, 2.24) is 0 Å². The van der Waals surface area contributed by atoms with Crippen LogP contribution in [0, 0.1) is 0 Å². The van der Waals surface area contributed by atoms with E-state index in [1.807, 2.05) is 0 Å². The highest BCUT2D eigenvalue weighted by molar-refractivity contribution is 5.85. The average Bonchev–Trinajstić information content (AvgIpc) is 2.38. The van der Waals surface area contributed by atoms with Gasteiger partial charge in [-0.25, -0.2) is 0 Å². The van der Waals surface area contributed by atoms with Crippen LogP contribution in [-0.4, -0.2) is 19.1 Å². The van der Waals surface area contributed by atoms with Gasteiger partial charge >= 0.3 is 5.97 Å². The van der Waals surface area contributed by atoms with Crippen LogP contribution in [-0.2, 0) is 16.0 Å². The lowest BCUT2D eigenvalue weighted by Gasteiger charge is -2.26. The van der Waals surface area contributed by atoms with Crippen LogP contribution in [0.15, 0.2) is 24.3 Å². The predicted octanol–water partition coefficient (Wildman–Crippen LogP) is 2.42. The highest BCUT2D eigenvalue weighted by Gasteiger charge is 2.25. The number of halogens is 1. The number of nitrogens with two attached hydrogens (primary N) is 1. The van der Waals surface area contributed by atoms with E-state index in [0.29, 0.717) is 12.3 Å². The third kappa shape index (κ3) is 3.24. The summed E-state index contributed by atoms with van der Waals surface area (Å²) in [5.41, 5.74) is 8.60. The van der Waals surface area contributed by atoms with Gasteiger partial charge in [0.15, 0.2) is 0 Å². The molecule has 2 N–H and O–H groups in total. The Morgan fingerprint density at radius 1 is 1.50 bits per heavy atom. The fourth-order valence-electron chi connectivity index (χ4n) is 2.65. The summed E-state index contributed by atoms with van der Waals surface area (Å²) < 4.78 is 4.68. The van der Waals surface area contributed by atoms with Crippen LogP contribution in [0.25, 0.3) is 0 Å². The minimum absolute atomic E-state index is 0. The Morgan fingerprint density at radius 3 is 2.94 bits per heavy atom. The number of ether oxygens (including phenoxy) is 1. The number of hydrogen-bond donors (Lipinski definition) is 1. The third-order valence-corrected chi connectivity index (χ3v) is 3.54. The van der Waals surface area contributed by atoms with Crippen molar-refractivity contribution in [2.24, 2.45) is 5.73 Å². The number of methoxy groups -OCH3 is 1. The number of carbonyl (C=O) groups excluding carboxylic acids is 1. The lowest BCUT2D eigenvalue weighted by molar-refractivity contribution is -0.142. The Labute approximate surface area is 114 Å². The van der Waals surface area contributed by atoms with Crippen LogP contribution >= 0.6 is 12.4 Å². The summed E-state index contributed by atoms with van der Waals surface area (Å²) in [6.07, 6.45) is 4.11. The summed E-state index contributed by atoms with van der Waals surface area (Å²) in [7, 11) is 1.39. The van der Waals surface area contributed by atoms with Gasteiger partial charge in [-0.3, -0.25) is 4.79 Å². The summed E-state index contributed by atoms with van der Waals surface area (Å²) in [6, 6.07) is 7.95. The van der Waals surface area contributed by atoms with E-state index in [2.05, 4.69) is 29.0 Å². The number of rotatable bonds is 3. The van der Waals surface area contributed by atoms with Crippen molar-refractivity contribution in [3.05, 3.63) is 35.4 Å². The van der Waals surface area contributed by atoms with Gasteiger partial charge in [0.05, 0.1) is 7.11 Å². The molecule has 0 heterocycles. The molecule has 2 atom stereocenters. The number of aryl methyl sites for hydroxylation is 1. The van der Waals surface area contributed by atoms with Crippen molar-refractivity contribution < 1.29 is 9.53 Å². The standard InChI is InChI=1S/C14H19NO2.ClH/c1-17-14(16)13(15)9-11-7-4-6-10-5-2-3-8-12(10)11;/h2-3,5,8,11,13H,4,6-7,9,15H2,1H3;1H. The molecule has 0 fully saturated rings. The molecule has 4 heteroatoms. The van der Waals surface area contributed by atoms with Gasteiger partial charge in [-0.05, 0) is 42.7 Å². The predicted molar refractivity (Wildman–Crippen MR) is 74.0 cm³/mol. The molecule has 1 aliphatic rings. The first-order valence-corrected chi connectivity index (χ1v) is 6.13. The molecule has 0 aliphatic heterocycles. The monoisotopic (exact) mass is 269 g/mol. The van der Waals surface area contributed by atoms with Crippen LogP contribution < -0.4 is 5.73 Å². The van der Waals surface area contributed by atoms with Crippen molar-refractivity contribution in [2.75, 3.05) is 7.11 Å². The molecular formula is C14H20ClNO2. The maximum atomic E-state index is 11.4. The minimum Gasteiger partial charge on any atom is -0.468 e. The smallest absolute Gasteiger partial charge is 0.322 e. The lowest BCUT2D eigenvalue weighted by atomic mass is 9.80. The summed E-state index contributed by atoms with van der Waals surface area (Å²) in [4.78, 5) is 11.4. The van der Waals surface area contributed by atoms with Gasteiger partial charge in [-0.15, -0.1) is 12.4 Å². The molecule has 3 nitrogen and oxygen atoms in total. The van der Waals surface area contributed by atoms with Crippen molar-refractivity contribution in [3.8, 4) is 0 Å². The minimum atomic E-state index is -0.504. The SMILES string of the molecule is COC(=O)C(N)CC1CCCc2ccccc21.Cl. The quantitative estimate of drug-likeness (QED) is 0.858. The largest absolute Gasteiger partial charge is 0.468 e. The van der Waals surface area contributed by atoms with Crippen LogP contribution in [0.3, 0.4) is 0 Å². The van der Waals surface area contributed by atoms with E-state index >= 15 is 0 Å². The van der Waals surface area contributed by atoms with Crippen LogP contribution in [0.1, 0.15) is 36.3 Å². The van der Waals surface area contributed by atoms with Crippen molar-refractivity contribution >= 4 is 18.4 Å². The molecule has 18 heavy (non-hydrogen) atoms. The van der Waals surface area contributed by atoms with Crippen LogP contribution in [0.4, 0.5) is 0 Å². The van der Waals surface area contributed by atoms with Crippen LogP contribution in [0.5, 0.6) is 0 Å². The lowest BCUT2D eigenvalue weighted by Crippen LogP contribution is -2.33. The number of benzene rings is 1. The fraction of sp³-hybridized carbons (Fsp3) is 0.500. The molecular weight excluding hydrogens is 250 g/mol. The highest BCUT2D eigenvalue weighted by Crippen LogP contribution is 2.34. The van der Waals surface area contributed by atoms with Crippen molar-refractivity contribution in [1.29, 1.82) is 0 Å². The van der Waals surface area contributed by atoms with E-state index < -0.39 is 6.04 Å². The first-order valence-electron chi connectivity index (χ1n) is 6.13. The second-order valence-corrected chi connectivity index (χ2v) is 4.65. The maximum absolute atomic E-state index is 11.4. The molecule has 100 valence electrons. The first kappa shape index (κ1) is 15.0. The second-order valence-electron chi connectivity index (χ2n) is 4.65. The Hall–Kier alpha value is -1.06. The van der Waals surface area contributed by atoms with E-state index in [-0.39, 0.29) is 18.4 Å². The molecule has 2 rings (SSSR count). The average molecular weight is 270 g/mol. The fourth-order valence-corrected chi connectivity index (χ4v) is 2.65. The molecule has 0 bridgehead atoms. The van der Waals surface area contributed by atoms with E-state index in [9.17, 15) is 4.79 Å². The zero-order valence-electron chi connectivity index (χ0n) is 10.6. The van der Waals surface area contributed by atoms with Gasteiger partial charge in [0.2, 0.25) is 0 Å². The number of carbonyl (C=O) groups is 1. The molecule has 0 amide bonds. The van der Waals surface area contributed by atoms with Gasteiger partial charge in [0.1, 0.15) is 6.04 Å². The zero-order valence-corrected chi connectivity index (χ0v) is 11.4. The van der Waals surface area contributed by atoms with E-state index in [1.54, 1.807) is 0 Å². The van der Waals surface area contributed by atoms with E-state index in [4.69, 9.17) is 5.73 Å². The molecule has 0 spiro atoms. The van der Waals surface area contributed by atoms with Gasteiger partial charge < -0.3 is 10.5 Å². The molecule has 0 saturated carbocycles. The topological polar surface area (TPSA) is 52.3 Å². The normalized spacial score (nSPS) is 19.3. The van der Waals surface area contributed by atoms with Gasteiger partial charge in [-0.2, -0.15) is 0 Å². The molecule has 0 aromatic heterocycles. The number of fused-ring (bicyclic) bond motifs is 1.